The van der Waals surface area contributed by atoms with E-state index in [2.05, 4.69) is 52.7 Å². The van der Waals surface area contributed by atoms with Gasteiger partial charge in [-0.2, -0.15) is 0 Å². The molecule has 1 aliphatic rings. The summed E-state index contributed by atoms with van der Waals surface area (Å²) in [5.74, 6) is -1.92. The first-order chi connectivity index (χ1) is 21.8. The minimum Gasteiger partial charge on any atom is -0.489 e. The Labute approximate surface area is 268 Å². The maximum absolute atomic E-state index is 11.4. The second-order valence-electron chi connectivity index (χ2n) is 10.1. The van der Waals surface area contributed by atoms with Crippen LogP contribution in [0.15, 0.2) is 91.0 Å². The maximum atomic E-state index is 11.4. The molecule has 0 aromatic heterocycles. The molecule has 1 aliphatic heterocycles. The quantitative estimate of drug-likeness (QED) is 0.106. The minimum atomic E-state index is -1.26. The number of nitrogens with zero attached hydrogens (tertiary/aromatic N) is 1. The zero-order valence-electron chi connectivity index (χ0n) is 25.3. The SMILES string of the molecule is CCOC(=O)/C=C/CNCCCCN1c2ccc(OCc3ccccc3)cc2CCc2ccc(Cl)cc21.O=C(O)/C=C\C(=O)O. The molecule has 10 heteroatoms. The van der Waals surface area contributed by atoms with Crippen molar-refractivity contribution in [1.82, 2.24) is 5.32 Å². The van der Waals surface area contributed by atoms with Crippen molar-refractivity contribution < 1.29 is 34.1 Å². The maximum Gasteiger partial charge on any atom is 0.330 e. The van der Waals surface area contributed by atoms with Crippen LogP contribution in [0.3, 0.4) is 0 Å². The van der Waals surface area contributed by atoms with Crippen LogP contribution in [0.5, 0.6) is 5.75 Å². The molecule has 238 valence electrons. The van der Waals surface area contributed by atoms with Crippen molar-refractivity contribution in [3.05, 3.63) is 113 Å². The summed E-state index contributed by atoms with van der Waals surface area (Å²) in [7, 11) is 0. The summed E-state index contributed by atoms with van der Waals surface area (Å²) in [5, 5.41) is 19.7. The molecule has 45 heavy (non-hydrogen) atoms. The number of carboxylic acids is 2. The Morgan fingerprint density at radius 1 is 0.889 bits per heavy atom. The number of aryl methyl sites for hydroxylation is 2. The highest BCUT2D eigenvalue weighted by Gasteiger charge is 2.21. The van der Waals surface area contributed by atoms with E-state index in [9.17, 15) is 14.4 Å². The number of nitrogens with one attached hydrogen (secondary N) is 1. The lowest BCUT2D eigenvalue weighted by molar-refractivity contribution is -0.137. The van der Waals surface area contributed by atoms with Gasteiger partial charge < -0.3 is 29.9 Å². The average molecular weight is 635 g/mol. The van der Waals surface area contributed by atoms with Gasteiger partial charge in [-0.3, -0.25) is 0 Å². The van der Waals surface area contributed by atoms with Crippen LogP contribution in [0.2, 0.25) is 5.02 Å². The van der Waals surface area contributed by atoms with Crippen LogP contribution in [0.25, 0.3) is 0 Å². The van der Waals surface area contributed by atoms with E-state index in [-0.39, 0.29) is 5.97 Å². The molecule has 0 radical (unpaired) electrons. The number of aliphatic carboxylic acids is 2. The molecule has 0 aliphatic carbocycles. The lowest BCUT2D eigenvalue weighted by Crippen LogP contribution is -2.22. The number of carbonyl (C=O) groups is 3. The van der Waals surface area contributed by atoms with Gasteiger partial charge in [0.1, 0.15) is 12.4 Å². The van der Waals surface area contributed by atoms with Crippen LogP contribution in [-0.2, 0) is 38.6 Å². The Bertz CT molecular complexity index is 1460. The highest BCUT2D eigenvalue weighted by Crippen LogP contribution is 2.39. The van der Waals surface area contributed by atoms with E-state index in [1.165, 1.54) is 28.6 Å². The number of rotatable bonds is 14. The van der Waals surface area contributed by atoms with Crippen molar-refractivity contribution in [3.63, 3.8) is 0 Å². The summed E-state index contributed by atoms with van der Waals surface area (Å²) in [6, 6.07) is 22.9. The van der Waals surface area contributed by atoms with Gasteiger partial charge in [-0.05, 0) is 86.2 Å². The molecule has 0 saturated heterocycles. The minimum absolute atomic E-state index is 0.296. The number of unbranched alkanes of at least 4 members (excludes halogenated alkanes) is 1. The summed E-state index contributed by atoms with van der Waals surface area (Å²) in [5.41, 5.74) is 6.17. The molecule has 4 rings (SSSR count). The van der Waals surface area contributed by atoms with Crippen molar-refractivity contribution in [2.75, 3.05) is 31.1 Å². The third-order valence-corrected chi connectivity index (χ3v) is 6.98. The predicted molar refractivity (Wildman–Crippen MR) is 175 cm³/mol. The van der Waals surface area contributed by atoms with E-state index in [0.717, 1.165) is 55.1 Å². The van der Waals surface area contributed by atoms with Gasteiger partial charge in [-0.1, -0.05) is 54.1 Å². The normalized spacial score (nSPS) is 12.1. The van der Waals surface area contributed by atoms with Crippen LogP contribution in [-0.4, -0.2) is 54.4 Å². The third kappa shape index (κ3) is 12.5. The molecule has 9 nitrogen and oxygen atoms in total. The molecule has 3 aromatic carbocycles. The Kier molecular flexibility index (Phi) is 14.7. The number of halogens is 1. The molecular weight excluding hydrogens is 596 g/mol. The number of hydrogen-bond donors (Lipinski definition) is 3. The van der Waals surface area contributed by atoms with Crippen LogP contribution < -0.4 is 15.0 Å². The van der Waals surface area contributed by atoms with Crippen molar-refractivity contribution in [2.45, 2.75) is 39.2 Å². The number of fused-ring (bicyclic) bond motifs is 2. The zero-order chi connectivity index (χ0) is 32.4. The van der Waals surface area contributed by atoms with Crippen LogP contribution >= 0.6 is 11.6 Å². The fraction of sp³-hybridized carbons (Fsp3) is 0.286. The van der Waals surface area contributed by atoms with E-state index >= 15 is 0 Å². The summed E-state index contributed by atoms with van der Waals surface area (Å²) in [6.07, 6.45) is 8.36. The van der Waals surface area contributed by atoms with E-state index < -0.39 is 11.9 Å². The summed E-state index contributed by atoms with van der Waals surface area (Å²) >= 11 is 6.43. The largest absolute Gasteiger partial charge is 0.489 e. The van der Waals surface area contributed by atoms with Gasteiger partial charge in [0.25, 0.3) is 0 Å². The van der Waals surface area contributed by atoms with Crippen LogP contribution in [0, 0.1) is 0 Å². The highest BCUT2D eigenvalue weighted by atomic mass is 35.5. The Morgan fingerprint density at radius 2 is 1.62 bits per heavy atom. The molecule has 0 atom stereocenters. The molecule has 0 spiro atoms. The molecular formula is C35H39ClN2O7. The summed E-state index contributed by atoms with van der Waals surface area (Å²) in [4.78, 5) is 32.9. The smallest absolute Gasteiger partial charge is 0.330 e. The number of esters is 1. The average Bonchev–Trinajstić information content (AvgIpc) is 3.17. The van der Waals surface area contributed by atoms with Crippen molar-refractivity contribution in [3.8, 4) is 5.75 Å². The Morgan fingerprint density at radius 3 is 2.33 bits per heavy atom. The van der Waals surface area contributed by atoms with Gasteiger partial charge in [0.2, 0.25) is 0 Å². The van der Waals surface area contributed by atoms with Gasteiger partial charge in [0.15, 0.2) is 0 Å². The molecule has 0 fully saturated rings. The van der Waals surface area contributed by atoms with E-state index in [0.29, 0.717) is 31.9 Å². The molecule has 3 aromatic rings. The number of carbonyl (C=O) groups excluding carboxylic acids is 1. The number of benzene rings is 3. The van der Waals surface area contributed by atoms with Crippen molar-refractivity contribution in [2.24, 2.45) is 0 Å². The molecule has 0 amide bonds. The highest BCUT2D eigenvalue weighted by molar-refractivity contribution is 6.30. The third-order valence-electron chi connectivity index (χ3n) is 6.75. The second kappa shape index (κ2) is 18.9. The number of hydrogen-bond acceptors (Lipinski definition) is 7. The molecule has 0 unspecified atom stereocenters. The number of anilines is 2. The van der Waals surface area contributed by atoms with E-state index in [1.54, 1.807) is 13.0 Å². The van der Waals surface area contributed by atoms with E-state index in [4.69, 9.17) is 31.3 Å². The fourth-order valence-electron chi connectivity index (χ4n) is 4.69. The first kappa shape index (κ1) is 34.9. The van der Waals surface area contributed by atoms with Gasteiger partial charge in [-0.25, -0.2) is 14.4 Å². The standard InChI is InChI=1S/C31H35ClN2O3.C4H4O4/c1-2-36-31(35)11-8-19-33-18-6-7-20-34-29-17-16-28(37-23-24-9-4-3-5-10-24)21-26(29)13-12-25-14-15-27(32)22-30(25)34;5-3(6)1-2-4(7)8/h3-5,8-11,14-17,21-22,33H,2,6-7,12-13,18-20,23H2,1H3;1-2H,(H,5,6)(H,7,8)/b11-8+;2-1-. The molecule has 0 bridgehead atoms. The van der Waals surface area contributed by atoms with E-state index in [1.807, 2.05) is 24.3 Å². The zero-order valence-corrected chi connectivity index (χ0v) is 26.0. The second-order valence-corrected chi connectivity index (χ2v) is 10.5. The number of ether oxygens (including phenoxy) is 2. The fourth-order valence-corrected chi connectivity index (χ4v) is 4.86. The monoisotopic (exact) mass is 634 g/mol. The molecule has 0 saturated carbocycles. The Hall–Kier alpha value is -4.60. The van der Waals surface area contributed by atoms with Crippen molar-refractivity contribution in [1.29, 1.82) is 0 Å². The van der Waals surface area contributed by atoms with Gasteiger partial charge in [0, 0.05) is 47.7 Å². The molecule has 3 N–H and O–H groups in total. The first-order valence-electron chi connectivity index (χ1n) is 14.8. The van der Waals surface area contributed by atoms with Crippen LogP contribution in [0.4, 0.5) is 11.4 Å². The molecule has 1 heterocycles. The van der Waals surface area contributed by atoms with Gasteiger partial charge in [0.05, 0.1) is 6.61 Å². The predicted octanol–water partition coefficient (Wildman–Crippen LogP) is 6.36. The van der Waals surface area contributed by atoms with Crippen molar-refractivity contribution >= 4 is 40.9 Å². The first-order valence-corrected chi connectivity index (χ1v) is 15.2. The summed E-state index contributed by atoms with van der Waals surface area (Å²) < 4.78 is 11.0. The van der Waals surface area contributed by atoms with Gasteiger partial charge in [-0.15, -0.1) is 0 Å². The lowest BCUT2D eigenvalue weighted by Gasteiger charge is -2.27. The van der Waals surface area contributed by atoms with Gasteiger partial charge >= 0.3 is 17.9 Å². The topological polar surface area (TPSA) is 125 Å². The number of carboxylic acid groups (broad SMARTS) is 2. The van der Waals surface area contributed by atoms with Crippen LogP contribution in [0.1, 0.15) is 36.5 Å². The summed E-state index contributed by atoms with van der Waals surface area (Å²) in [6.45, 7) is 5.18. The lowest BCUT2D eigenvalue weighted by atomic mass is 10.0. The Balaban J connectivity index is 0.000000610.